The molecule has 1 rings (SSSR count). The van der Waals surface area contributed by atoms with Crippen LogP contribution in [-0.2, 0) is 0 Å². The third-order valence-electron chi connectivity index (χ3n) is 1.86. The molecule has 0 aliphatic heterocycles. The van der Waals surface area contributed by atoms with Crippen LogP contribution in [0.1, 0.15) is 24.9 Å². The SMILES string of the molecule is CC[C@@H](N)c1cc(N)ccc1F. The van der Waals surface area contributed by atoms with Crippen molar-refractivity contribution in [2.45, 2.75) is 19.4 Å². The molecule has 12 heavy (non-hydrogen) atoms. The third-order valence-corrected chi connectivity index (χ3v) is 1.86. The zero-order valence-electron chi connectivity index (χ0n) is 7.05. The molecule has 0 saturated carbocycles. The van der Waals surface area contributed by atoms with Crippen LogP contribution in [-0.4, -0.2) is 0 Å². The highest BCUT2D eigenvalue weighted by atomic mass is 19.1. The number of hydrogen-bond acceptors (Lipinski definition) is 2. The minimum atomic E-state index is -0.279. The van der Waals surface area contributed by atoms with Crippen LogP contribution >= 0.6 is 0 Å². The summed E-state index contributed by atoms with van der Waals surface area (Å²) in [6.07, 6.45) is 0.709. The van der Waals surface area contributed by atoms with E-state index >= 15 is 0 Å². The van der Waals surface area contributed by atoms with E-state index in [0.717, 1.165) is 0 Å². The van der Waals surface area contributed by atoms with Crippen molar-refractivity contribution in [2.75, 3.05) is 5.73 Å². The summed E-state index contributed by atoms with van der Waals surface area (Å²) in [6, 6.07) is 4.21. The summed E-state index contributed by atoms with van der Waals surface area (Å²) in [5.41, 5.74) is 12.2. The van der Waals surface area contributed by atoms with Crippen LogP contribution in [0.25, 0.3) is 0 Å². The molecule has 0 radical (unpaired) electrons. The zero-order valence-corrected chi connectivity index (χ0v) is 7.05. The van der Waals surface area contributed by atoms with Gasteiger partial charge >= 0.3 is 0 Å². The summed E-state index contributed by atoms with van der Waals surface area (Å²) in [7, 11) is 0. The molecule has 0 fully saturated rings. The molecule has 0 aliphatic carbocycles. The van der Waals surface area contributed by atoms with Crippen LogP contribution in [0.15, 0.2) is 18.2 Å². The minimum Gasteiger partial charge on any atom is -0.399 e. The highest BCUT2D eigenvalue weighted by molar-refractivity contribution is 5.42. The first-order chi connectivity index (χ1) is 5.65. The van der Waals surface area contributed by atoms with E-state index in [1.165, 1.54) is 12.1 Å². The van der Waals surface area contributed by atoms with Gasteiger partial charge in [-0.25, -0.2) is 4.39 Å². The number of halogens is 1. The molecule has 0 saturated heterocycles. The maximum Gasteiger partial charge on any atom is 0.128 e. The number of rotatable bonds is 2. The Labute approximate surface area is 71.4 Å². The Hall–Kier alpha value is -1.09. The Morgan fingerprint density at radius 1 is 1.50 bits per heavy atom. The monoisotopic (exact) mass is 168 g/mol. The molecule has 66 valence electrons. The molecule has 0 amide bonds. The van der Waals surface area contributed by atoms with Gasteiger partial charge in [0.25, 0.3) is 0 Å². The Morgan fingerprint density at radius 3 is 2.75 bits per heavy atom. The van der Waals surface area contributed by atoms with Gasteiger partial charge in [-0.3, -0.25) is 0 Å². The van der Waals surface area contributed by atoms with Crippen LogP contribution in [0.5, 0.6) is 0 Å². The lowest BCUT2D eigenvalue weighted by Crippen LogP contribution is -2.11. The number of anilines is 1. The molecule has 0 bridgehead atoms. The van der Waals surface area contributed by atoms with Gasteiger partial charge < -0.3 is 11.5 Å². The summed E-state index contributed by atoms with van der Waals surface area (Å²) in [6.45, 7) is 1.91. The smallest absolute Gasteiger partial charge is 0.128 e. The fourth-order valence-electron chi connectivity index (χ4n) is 1.07. The third kappa shape index (κ3) is 1.74. The highest BCUT2D eigenvalue weighted by Gasteiger charge is 2.08. The van der Waals surface area contributed by atoms with Crippen molar-refractivity contribution in [3.63, 3.8) is 0 Å². The minimum absolute atomic E-state index is 0.256. The van der Waals surface area contributed by atoms with E-state index in [-0.39, 0.29) is 11.9 Å². The van der Waals surface area contributed by atoms with Gasteiger partial charge in [-0.2, -0.15) is 0 Å². The van der Waals surface area contributed by atoms with Crippen molar-refractivity contribution in [3.8, 4) is 0 Å². The van der Waals surface area contributed by atoms with Gasteiger partial charge in [0, 0.05) is 17.3 Å². The number of nitrogens with two attached hydrogens (primary N) is 2. The predicted molar refractivity (Wildman–Crippen MR) is 48.0 cm³/mol. The second-order valence-electron chi connectivity index (χ2n) is 2.80. The lowest BCUT2D eigenvalue weighted by Gasteiger charge is -2.10. The molecule has 0 heterocycles. The average Bonchev–Trinajstić information content (AvgIpc) is 2.08. The number of nitrogen functional groups attached to an aromatic ring is 1. The van der Waals surface area contributed by atoms with E-state index in [0.29, 0.717) is 17.7 Å². The molecular formula is C9H13FN2. The molecule has 1 aromatic rings. The first kappa shape index (κ1) is 9.00. The summed E-state index contributed by atoms with van der Waals surface area (Å²) < 4.78 is 13.1. The fourth-order valence-corrected chi connectivity index (χ4v) is 1.07. The summed E-state index contributed by atoms with van der Waals surface area (Å²) in [4.78, 5) is 0. The van der Waals surface area contributed by atoms with Crippen LogP contribution in [0, 0.1) is 5.82 Å². The second-order valence-corrected chi connectivity index (χ2v) is 2.80. The summed E-state index contributed by atoms with van der Waals surface area (Å²) in [5, 5.41) is 0. The lowest BCUT2D eigenvalue weighted by molar-refractivity contribution is 0.576. The van der Waals surface area contributed by atoms with Crippen molar-refractivity contribution in [2.24, 2.45) is 5.73 Å². The predicted octanol–water partition coefficient (Wildman–Crippen LogP) is 1.82. The van der Waals surface area contributed by atoms with Gasteiger partial charge in [0.15, 0.2) is 0 Å². The standard InChI is InChI=1S/C9H13FN2/c1-2-9(12)7-5-6(11)3-4-8(7)10/h3-5,9H,2,11-12H2,1H3/t9-/m1/s1. The average molecular weight is 168 g/mol. The van der Waals surface area contributed by atoms with Gasteiger partial charge in [0.2, 0.25) is 0 Å². The lowest BCUT2D eigenvalue weighted by atomic mass is 10.0. The van der Waals surface area contributed by atoms with Crippen LogP contribution in [0.2, 0.25) is 0 Å². The van der Waals surface area contributed by atoms with Crippen molar-refractivity contribution in [1.82, 2.24) is 0 Å². The van der Waals surface area contributed by atoms with Crippen LogP contribution in [0.3, 0.4) is 0 Å². The quantitative estimate of drug-likeness (QED) is 0.662. The van der Waals surface area contributed by atoms with Crippen molar-refractivity contribution >= 4 is 5.69 Å². The molecule has 3 heteroatoms. The zero-order chi connectivity index (χ0) is 9.14. The van der Waals surface area contributed by atoms with Crippen LogP contribution < -0.4 is 11.5 Å². The molecule has 0 aliphatic rings. The topological polar surface area (TPSA) is 52.0 Å². The first-order valence-electron chi connectivity index (χ1n) is 3.95. The second kappa shape index (κ2) is 3.54. The summed E-state index contributed by atoms with van der Waals surface area (Å²) >= 11 is 0. The maximum absolute atomic E-state index is 13.1. The van der Waals surface area contributed by atoms with Crippen molar-refractivity contribution < 1.29 is 4.39 Å². The van der Waals surface area contributed by atoms with E-state index < -0.39 is 0 Å². The molecule has 0 unspecified atom stereocenters. The molecule has 2 nitrogen and oxygen atoms in total. The number of hydrogen-bond donors (Lipinski definition) is 2. The van der Waals surface area contributed by atoms with Gasteiger partial charge in [0.05, 0.1) is 0 Å². The van der Waals surface area contributed by atoms with E-state index in [2.05, 4.69) is 0 Å². The Bertz CT molecular complexity index is 273. The fraction of sp³-hybridized carbons (Fsp3) is 0.333. The normalized spacial score (nSPS) is 12.9. The Kier molecular flexibility index (Phi) is 2.65. The maximum atomic E-state index is 13.1. The van der Waals surface area contributed by atoms with Crippen molar-refractivity contribution in [3.05, 3.63) is 29.6 Å². The molecule has 4 N–H and O–H groups in total. The van der Waals surface area contributed by atoms with Gasteiger partial charge in [-0.1, -0.05) is 6.92 Å². The number of benzene rings is 1. The molecule has 1 atom stereocenters. The Balaban J connectivity index is 3.04. The van der Waals surface area contributed by atoms with Crippen LogP contribution in [0.4, 0.5) is 10.1 Å². The van der Waals surface area contributed by atoms with E-state index in [1.54, 1.807) is 6.07 Å². The molecule has 0 spiro atoms. The largest absolute Gasteiger partial charge is 0.399 e. The summed E-state index contributed by atoms with van der Waals surface area (Å²) in [5.74, 6) is -0.279. The molecule has 1 aromatic carbocycles. The van der Waals surface area contributed by atoms with Gasteiger partial charge in [-0.05, 0) is 24.6 Å². The van der Waals surface area contributed by atoms with Gasteiger partial charge in [0.1, 0.15) is 5.82 Å². The van der Waals surface area contributed by atoms with E-state index in [4.69, 9.17) is 11.5 Å². The van der Waals surface area contributed by atoms with E-state index in [1.807, 2.05) is 6.92 Å². The Morgan fingerprint density at radius 2 is 2.17 bits per heavy atom. The highest BCUT2D eigenvalue weighted by Crippen LogP contribution is 2.19. The molecular weight excluding hydrogens is 155 g/mol. The van der Waals surface area contributed by atoms with Gasteiger partial charge in [-0.15, -0.1) is 0 Å². The van der Waals surface area contributed by atoms with Crippen molar-refractivity contribution in [1.29, 1.82) is 0 Å². The first-order valence-corrected chi connectivity index (χ1v) is 3.95. The molecule has 0 aromatic heterocycles. The van der Waals surface area contributed by atoms with E-state index in [9.17, 15) is 4.39 Å².